The topological polar surface area (TPSA) is 89.4 Å². The summed E-state index contributed by atoms with van der Waals surface area (Å²) in [5.41, 5.74) is 6.23. The van der Waals surface area contributed by atoms with Gasteiger partial charge in [-0.05, 0) is 85.5 Å². The summed E-state index contributed by atoms with van der Waals surface area (Å²) in [4.78, 5) is 12.4. The molecule has 0 saturated carbocycles. The van der Waals surface area contributed by atoms with Crippen molar-refractivity contribution in [3.63, 3.8) is 0 Å². The van der Waals surface area contributed by atoms with Crippen LogP contribution >= 0.6 is 0 Å². The van der Waals surface area contributed by atoms with Gasteiger partial charge in [0.1, 0.15) is 0 Å². The molecule has 8 heteroatoms. The Morgan fingerprint density at radius 1 is 0.947 bits per heavy atom. The average molecular weight is 528 g/mol. The van der Waals surface area contributed by atoms with Crippen LogP contribution < -0.4 is 15.6 Å². The summed E-state index contributed by atoms with van der Waals surface area (Å²) in [6.07, 6.45) is 2.41. The second-order valence-electron chi connectivity index (χ2n) is 10.0. The van der Waals surface area contributed by atoms with Gasteiger partial charge in [-0.1, -0.05) is 24.3 Å². The highest BCUT2D eigenvalue weighted by Gasteiger charge is 2.42. The van der Waals surface area contributed by atoms with Crippen LogP contribution in [0.2, 0.25) is 0 Å². The van der Waals surface area contributed by atoms with E-state index >= 15 is 0 Å². The number of nitrogens with one attached hydrogen (secondary N) is 2. The van der Waals surface area contributed by atoms with Crippen LogP contribution in [0.15, 0.2) is 94.7 Å². The summed E-state index contributed by atoms with van der Waals surface area (Å²) in [7, 11) is -3.77. The first-order chi connectivity index (χ1) is 18.3. The van der Waals surface area contributed by atoms with Gasteiger partial charge in [-0.25, -0.2) is 8.42 Å². The van der Waals surface area contributed by atoms with Gasteiger partial charge >= 0.3 is 0 Å². The lowest BCUT2D eigenvalue weighted by atomic mass is 9.81. The Morgan fingerprint density at radius 3 is 2.53 bits per heavy atom. The number of benzene rings is 3. The molecule has 6 rings (SSSR count). The minimum atomic E-state index is -3.77. The summed E-state index contributed by atoms with van der Waals surface area (Å²) in [6, 6.07) is 23.8. The van der Waals surface area contributed by atoms with E-state index in [0.717, 1.165) is 40.0 Å². The summed E-state index contributed by atoms with van der Waals surface area (Å²) < 4.78 is 37.0. The number of sulfonamides is 1. The fraction of sp³-hybridized carbons (Fsp3) is 0.233. The Labute approximate surface area is 222 Å². The second kappa shape index (κ2) is 9.45. The molecular weight excluding hydrogens is 498 g/mol. The van der Waals surface area contributed by atoms with E-state index in [2.05, 4.69) is 10.0 Å². The monoisotopic (exact) mass is 527 g/mol. The van der Waals surface area contributed by atoms with Gasteiger partial charge in [0.2, 0.25) is 0 Å². The molecule has 0 radical (unpaired) electrons. The minimum absolute atomic E-state index is 0.00709. The van der Waals surface area contributed by atoms with Crippen molar-refractivity contribution in [3.8, 4) is 5.69 Å². The first-order valence-corrected chi connectivity index (χ1v) is 14.2. The smallest absolute Gasteiger partial charge is 0.261 e. The van der Waals surface area contributed by atoms with E-state index in [0.29, 0.717) is 12.3 Å². The maximum Gasteiger partial charge on any atom is 0.261 e. The molecule has 0 spiro atoms. The molecule has 1 fully saturated rings. The highest BCUT2D eigenvalue weighted by molar-refractivity contribution is 7.92. The van der Waals surface area contributed by atoms with E-state index in [4.69, 9.17) is 4.74 Å². The zero-order valence-electron chi connectivity index (χ0n) is 21.2. The lowest BCUT2D eigenvalue weighted by Gasteiger charge is -2.36. The Morgan fingerprint density at radius 2 is 1.76 bits per heavy atom. The van der Waals surface area contributed by atoms with Crippen LogP contribution in [0, 0.1) is 19.8 Å². The molecule has 0 amide bonds. The number of pyridine rings is 1. The third-order valence-electron chi connectivity index (χ3n) is 7.63. The number of ether oxygens (including phenoxy) is 1. The number of aryl methyl sites for hydroxylation is 2. The lowest BCUT2D eigenvalue weighted by molar-refractivity contribution is 0.0827. The molecule has 1 aromatic heterocycles. The van der Waals surface area contributed by atoms with Gasteiger partial charge in [0.25, 0.3) is 15.6 Å². The molecule has 0 aliphatic carbocycles. The van der Waals surface area contributed by atoms with E-state index in [1.165, 1.54) is 0 Å². The number of nitrogens with zero attached hydrogens (tertiary/aromatic N) is 1. The number of hydrogen-bond donors (Lipinski definition) is 2. The van der Waals surface area contributed by atoms with Gasteiger partial charge < -0.3 is 10.1 Å². The van der Waals surface area contributed by atoms with E-state index in [-0.39, 0.29) is 28.5 Å². The second-order valence-corrected chi connectivity index (χ2v) is 11.7. The van der Waals surface area contributed by atoms with Gasteiger partial charge in [0, 0.05) is 47.4 Å². The van der Waals surface area contributed by atoms with Crippen LogP contribution in [0.5, 0.6) is 0 Å². The molecule has 194 valence electrons. The molecule has 4 aromatic rings. The number of anilines is 2. The predicted octanol–water partition coefficient (Wildman–Crippen LogP) is 5.50. The minimum Gasteiger partial charge on any atom is -0.378 e. The number of aromatic nitrogens is 1. The molecule has 2 aliphatic heterocycles. The maximum atomic E-state index is 13.2. The van der Waals surface area contributed by atoms with Crippen molar-refractivity contribution < 1.29 is 13.2 Å². The first-order valence-electron chi connectivity index (χ1n) is 12.7. The van der Waals surface area contributed by atoms with Crippen molar-refractivity contribution >= 4 is 21.4 Å². The maximum absolute atomic E-state index is 13.2. The summed E-state index contributed by atoms with van der Waals surface area (Å²) in [5, 5.41) is 3.63. The number of hydrogen-bond acceptors (Lipinski definition) is 5. The van der Waals surface area contributed by atoms with E-state index in [9.17, 15) is 13.2 Å². The average Bonchev–Trinajstić information content (AvgIpc) is 3.41. The molecule has 0 bridgehead atoms. The molecule has 2 aliphatic rings. The Bertz CT molecular complexity index is 1680. The molecule has 3 heterocycles. The number of fused-ring (bicyclic) bond motifs is 3. The van der Waals surface area contributed by atoms with E-state index < -0.39 is 10.0 Å². The lowest BCUT2D eigenvalue weighted by Crippen LogP contribution is -2.29. The van der Waals surface area contributed by atoms with Crippen molar-refractivity contribution in [2.24, 2.45) is 5.92 Å². The molecular formula is C30H29N3O4S. The third-order valence-corrected chi connectivity index (χ3v) is 9.01. The van der Waals surface area contributed by atoms with Crippen LogP contribution in [0.25, 0.3) is 5.69 Å². The standard InChI is InChI=1S/C30H29N3O4S/c1-19-6-9-22(17-20(19)2)32-38(35,36)24-12-13-27-26(18-24)30-25(14-16-37-30)29(31-27)21-7-10-23(11-8-21)33-15-4-3-5-28(33)34/h3-13,15,17-18,25,29-32H,14,16H2,1-2H3/t25-,29?,30-/m0/s1. The van der Waals surface area contributed by atoms with Crippen molar-refractivity contribution in [1.29, 1.82) is 0 Å². The molecule has 7 nitrogen and oxygen atoms in total. The van der Waals surface area contributed by atoms with Crippen molar-refractivity contribution in [2.75, 3.05) is 16.6 Å². The summed E-state index contributed by atoms with van der Waals surface area (Å²) in [5.74, 6) is 0.151. The van der Waals surface area contributed by atoms with Crippen molar-refractivity contribution in [3.05, 3.63) is 118 Å². The third kappa shape index (κ3) is 4.40. The predicted molar refractivity (Wildman–Crippen MR) is 148 cm³/mol. The Balaban J connectivity index is 1.29. The summed E-state index contributed by atoms with van der Waals surface area (Å²) in [6.45, 7) is 4.57. The molecule has 38 heavy (non-hydrogen) atoms. The first kappa shape index (κ1) is 24.5. The SMILES string of the molecule is Cc1ccc(NS(=O)(=O)c2ccc3c(c2)[C@H]2OCC[C@H]2C(c2ccc(-n4ccccc4=O)cc2)N3)cc1C. The molecule has 3 atom stereocenters. The highest BCUT2D eigenvalue weighted by atomic mass is 32.2. The molecule has 1 unspecified atom stereocenters. The van der Waals surface area contributed by atoms with Crippen molar-refractivity contribution in [2.45, 2.75) is 37.3 Å². The van der Waals surface area contributed by atoms with Gasteiger partial charge in [-0.3, -0.25) is 14.1 Å². The fourth-order valence-corrected chi connectivity index (χ4v) is 6.53. The van der Waals surface area contributed by atoms with Gasteiger partial charge in [-0.15, -0.1) is 0 Å². The zero-order valence-corrected chi connectivity index (χ0v) is 22.0. The van der Waals surface area contributed by atoms with E-state index in [1.807, 2.05) is 62.4 Å². The fourth-order valence-electron chi connectivity index (χ4n) is 5.45. The summed E-state index contributed by atoms with van der Waals surface area (Å²) >= 11 is 0. The van der Waals surface area contributed by atoms with Crippen LogP contribution in [0.1, 0.15) is 40.8 Å². The Kier molecular flexibility index (Phi) is 6.08. The van der Waals surface area contributed by atoms with Crippen LogP contribution in [-0.4, -0.2) is 19.6 Å². The van der Waals surface area contributed by atoms with Crippen LogP contribution in [0.4, 0.5) is 11.4 Å². The van der Waals surface area contributed by atoms with Gasteiger partial charge in [0.05, 0.1) is 17.0 Å². The van der Waals surface area contributed by atoms with Crippen molar-refractivity contribution in [1.82, 2.24) is 4.57 Å². The quantitative estimate of drug-likeness (QED) is 0.358. The number of rotatable bonds is 5. The zero-order chi connectivity index (χ0) is 26.4. The van der Waals surface area contributed by atoms with Crippen LogP contribution in [0.3, 0.4) is 0 Å². The molecule has 1 saturated heterocycles. The van der Waals surface area contributed by atoms with Crippen LogP contribution in [-0.2, 0) is 14.8 Å². The molecule has 3 aromatic carbocycles. The Hall–Kier alpha value is -3.88. The largest absolute Gasteiger partial charge is 0.378 e. The normalized spacial score (nSPS) is 20.3. The van der Waals surface area contributed by atoms with Gasteiger partial charge in [-0.2, -0.15) is 0 Å². The van der Waals surface area contributed by atoms with Gasteiger partial charge in [0.15, 0.2) is 0 Å². The molecule has 2 N–H and O–H groups in total. The highest BCUT2D eigenvalue weighted by Crippen LogP contribution is 2.50. The van der Waals surface area contributed by atoms with E-state index in [1.54, 1.807) is 41.1 Å².